The Morgan fingerprint density at radius 3 is 2.62 bits per heavy atom. The van der Waals surface area contributed by atoms with E-state index in [2.05, 4.69) is 4.98 Å². The van der Waals surface area contributed by atoms with Gasteiger partial charge in [0.05, 0.1) is 27.8 Å². The standard InChI is InChI=1S/C26H21N3O6S2/c1-13(2)16-11-14(6-9-18(16)35-3)23(30)21-22(19-5-4-10-36-19)28(25(32)24(21)31)26-27-17-8-7-15(29(33)34)12-20(17)37-26/h4-13,22,30H,1-3H3/b23-21+. The highest BCUT2D eigenvalue weighted by Gasteiger charge is 2.48. The van der Waals surface area contributed by atoms with Crippen LogP contribution in [0.25, 0.3) is 16.0 Å². The Kier molecular flexibility index (Phi) is 6.26. The van der Waals surface area contributed by atoms with Crippen molar-refractivity contribution in [2.24, 2.45) is 0 Å². The van der Waals surface area contributed by atoms with Crippen LogP contribution in [-0.2, 0) is 9.59 Å². The fraction of sp³-hybridized carbons (Fsp3) is 0.192. The summed E-state index contributed by atoms with van der Waals surface area (Å²) in [5, 5.41) is 24.6. The van der Waals surface area contributed by atoms with Gasteiger partial charge in [-0.1, -0.05) is 31.3 Å². The first-order chi connectivity index (χ1) is 17.7. The lowest BCUT2D eigenvalue weighted by Gasteiger charge is -2.21. The molecule has 5 rings (SSSR count). The molecule has 9 nitrogen and oxygen atoms in total. The van der Waals surface area contributed by atoms with Gasteiger partial charge in [-0.05, 0) is 47.2 Å². The van der Waals surface area contributed by atoms with E-state index in [0.717, 1.165) is 16.9 Å². The van der Waals surface area contributed by atoms with E-state index in [-0.39, 0.29) is 28.1 Å². The number of aliphatic hydroxyl groups is 1. The summed E-state index contributed by atoms with van der Waals surface area (Å²) in [5.41, 5.74) is 1.57. The SMILES string of the molecule is COc1ccc(/C(O)=C2\C(=O)C(=O)N(c3nc4ccc([N+](=O)[O-])cc4s3)C2c2cccs2)cc1C(C)C. The van der Waals surface area contributed by atoms with Gasteiger partial charge in [-0.25, -0.2) is 4.98 Å². The van der Waals surface area contributed by atoms with Crippen LogP contribution in [-0.4, -0.2) is 33.8 Å². The van der Waals surface area contributed by atoms with E-state index in [1.807, 2.05) is 19.2 Å². The largest absolute Gasteiger partial charge is 0.507 e. The maximum Gasteiger partial charge on any atom is 0.301 e. The summed E-state index contributed by atoms with van der Waals surface area (Å²) >= 11 is 2.42. The third-order valence-corrected chi connectivity index (χ3v) is 8.10. The number of methoxy groups -OCH3 is 1. The summed E-state index contributed by atoms with van der Waals surface area (Å²) in [6.45, 7) is 3.98. The molecule has 1 N–H and O–H groups in total. The number of thiophene rings is 1. The zero-order valence-corrected chi connectivity index (χ0v) is 21.6. The van der Waals surface area contributed by atoms with Crippen molar-refractivity contribution in [2.75, 3.05) is 12.0 Å². The van der Waals surface area contributed by atoms with Crippen LogP contribution < -0.4 is 9.64 Å². The average Bonchev–Trinajstić information content (AvgIpc) is 3.61. The number of amides is 1. The van der Waals surface area contributed by atoms with Gasteiger partial charge < -0.3 is 9.84 Å². The minimum atomic E-state index is -0.903. The predicted octanol–water partition coefficient (Wildman–Crippen LogP) is 6.02. The van der Waals surface area contributed by atoms with E-state index in [1.54, 1.807) is 37.4 Å². The van der Waals surface area contributed by atoms with Gasteiger partial charge in [0.15, 0.2) is 5.13 Å². The minimum Gasteiger partial charge on any atom is -0.507 e. The number of aromatic nitrogens is 1. The highest BCUT2D eigenvalue weighted by atomic mass is 32.1. The molecule has 2 aromatic carbocycles. The van der Waals surface area contributed by atoms with E-state index in [9.17, 15) is 24.8 Å². The Balaban J connectivity index is 1.68. The summed E-state index contributed by atoms with van der Waals surface area (Å²) in [6.07, 6.45) is 0. The Labute approximate surface area is 219 Å². The second-order valence-corrected chi connectivity index (χ2v) is 10.7. The van der Waals surface area contributed by atoms with Gasteiger partial charge in [-0.3, -0.25) is 24.6 Å². The molecule has 0 bridgehead atoms. The molecule has 1 atom stereocenters. The smallest absolute Gasteiger partial charge is 0.301 e. The molecular formula is C26H21N3O6S2. The number of aliphatic hydroxyl groups excluding tert-OH is 1. The average molecular weight is 536 g/mol. The lowest BCUT2D eigenvalue weighted by atomic mass is 9.95. The summed E-state index contributed by atoms with van der Waals surface area (Å²) in [5.74, 6) is -1.20. The van der Waals surface area contributed by atoms with Crippen LogP contribution in [0.15, 0.2) is 59.5 Å². The Bertz CT molecular complexity index is 1590. The summed E-state index contributed by atoms with van der Waals surface area (Å²) < 4.78 is 5.94. The third kappa shape index (κ3) is 4.15. The number of rotatable bonds is 6. The van der Waals surface area contributed by atoms with Crippen LogP contribution >= 0.6 is 22.7 Å². The molecule has 3 heterocycles. The van der Waals surface area contributed by atoms with Gasteiger partial charge in [0.25, 0.3) is 11.5 Å². The monoisotopic (exact) mass is 535 g/mol. The van der Waals surface area contributed by atoms with Gasteiger partial charge >= 0.3 is 5.91 Å². The topological polar surface area (TPSA) is 123 Å². The zero-order valence-electron chi connectivity index (χ0n) is 20.0. The molecule has 1 aliphatic rings. The van der Waals surface area contributed by atoms with Crippen molar-refractivity contribution in [3.8, 4) is 5.75 Å². The number of hydrogen-bond acceptors (Lipinski definition) is 9. The molecule has 1 saturated heterocycles. The molecule has 4 aromatic rings. The number of carbonyl (C=O) groups excluding carboxylic acids is 2. The lowest BCUT2D eigenvalue weighted by Crippen LogP contribution is -2.28. The first-order valence-corrected chi connectivity index (χ1v) is 13.0. The number of ether oxygens (including phenoxy) is 1. The van der Waals surface area contributed by atoms with Gasteiger partial charge in [-0.15, -0.1) is 11.3 Å². The number of thiazole rings is 1. The zero-order chi connectivity index (χ0) is 26.4. The number of Topliss-reactive ketones (excluding diaryl/α,β-unsaturated/α-hetero) is 1. The number of hydrogen-bond donors (Lipinski definition) is 1. The van der Waals surface area contributed by atoms with Gasteiger partial charge in [0.2, 0.25) is 0 Å². The molecule has 188 valence electrons. The third-order valence-electron chi connectivity index (χ3n) is 6.16. The summed E-state index contributed by atoms with van der Waals surface area (Å²) in [6, 6.07) is 12.0. The van der Waals surface area contributed by atoms with E-state index < -0.39 is 22.7 Å². The second-order valence-electron chi connectivity index (χ2n) is 8.70. The number of benzene rings is 2. The Hall–Kier alpha value is -4.09. The van der Waals surface area contributed by atoms with E-state index >= 15 is 0 Å². The van der Waals surface area contributed by atoms with Crippen LogP contribution in [0.5, 0.6) is 5.75 Å². The van der Waals surface area contributed by atoms with E-state index in [0.29, 0.717) is 26.4 Å². The minimum absolute atomic E-state index is 0.0439. The molecule has 37 heavy (non-hydrogen) atoms. The molecule has 0 saturated carbocycles. The van der Waals surface area contributed by atoms with E-state index in [4.69, 9.17) is 4.74 Å². The predicted molar refractivity (Wildman–Crippen MR) is 142 cm³/mol. The number of nitrogens with zero attached hydrogens (tertiary/aromatic N) is 3. The molecule has 1 amide bonds. The Morgan fingerprint density at radius 2 is 1.97 bits per heavy atom. The van der Waals surface area contributed by atoms with E-state index in [1.165, 1.54) is 34.4 Å². The van der Waals surface area contributed by atoms with Crippen molar-refractivity contribution in [2.45, 2.75) is 25.8 Å². The van der Waals surface area contributed by atoms with Crippen LogP contribution in [0.4, 0.5) is 10.8 Å². The molecular weight excluding hydrogens is 514 g/mol. The number of non-ortho nitro benzene ring substituents is 1. The molecule has 0 spiro atoms. The van der Waals surface area contributed by atoms with Crippen molar-refractivity contribution in [1.29, 1.82) is 0 Å². The lowest BCUT2D eigenvalue weighted by molar-refractivity contribution is -0.384. The molecule has 2 aromatic heterocycles. The molecule has 0 radical (unpaired) electrons. The fourth-order valence-electron chi connectivity index (χ4n) is 4.35. The maximum atomic E-state index is 13.4. The molecule has 1 unspecified atom stereocenters. The molecule has 0 aliphatic carbocycles. The number of ketones is 1. The quantitative estimate of drug-likeness (QED) is 0.105. The maximum absolute atomic E-state index is 13.4. The number of carbonyl (C=O) groups is 2. The first-order valence-electron chi connectivity index (χ1n) is 11.3. The molecule has 1 aliphatic heterocycles. The fourth-order valence-corrected chi connectivity index (χ4v) is 6.20. The first kappa shape index (κ1) is 24.6. The van der Waals surface area contributed by atoms with Crippen LogP contribution in [0.2, 0.25) is 0 Å². The Morgan fingerprint density at radius 1 is 1.19 bits per heavy atom. The normalized spacial score (nSPS) is 17.2. The summed E-state index contributed by atoms with van der Waals surface area (Å²) in [4.78, 5) is 43.9. The van der Waals surface area contributed by atoms with Crippen molar-refractivity contribution in [3.05, 3.63) is 85.6 Å². The van der Waals surface area contributed by atoms with Crippen molar-refractivity contribution >= 4 is 61.2 Å². The molecule has 1 fully saturated rings. The number of nitro groups is 1. The highest BCUT2D eigenvalue weighted by molar-refractivity contribution is 7.22. The van der Waals surface area contributed by atoms with Crippen molar-refractivity contribution in [1.82, 2.24) is 4.98 Å². The van der Waals surface area contributed by atoms with Gasteiger partial charge in [0.1, 0.15) is 17.6 Å². The van der Waals surface area contributed by atoms with Crippen LogP contribution in [0, 0.1) is 10.1 Å². The van der Waals surface area contributed by atoms with Gasteiger partial charge in [-0.2, -0.15) is 0 Å². The van der Waals surface area contributed by atoms with Crippen molar-refractivity contribution in [3.63, 3.8) is 0 Å². The van der Waals surface area contributed by atoms with Crippen LogP contribution in [0.3, 0.4) is 0 Å². The van der Waals surface area contributed by atoms with Crippen molar-refractivity contribution < 1.29 is 24.4 Å². The number of anilines is 1. The number of nitro benzene ring substituents is 1. The van der Waals surface area contributed by atoms with Gasteiger partial charge in [0, 0.05) is 22.6 Å². The summed E-state index contributed by atoms with van der Waals surface area (Å²) in [7, 11) is 1.57. The molecule has 11 heteroatoms. The highest BCUT2D eigenvalue weighted by Crippen LogP contribution is 2.46. The second kappa shape index (κ2) is 9.41. The van der Waals surface area contributed by atoms with Crippen LogP contribution in [0.1, 0.15) is 41.8 Å². The number of fused-ring (bicyclic) bond motifs is 1.